The highest BCUT2D eigenvalue weighted by atomic mass is 35.5. The second-order valence-electron chi connectivity index (χ2n) is 4.91. The minimum Gasteiger partial charge on any atom is -0.493 e. The lowest BCUT2D eigenvalue weighted by Gasteiger charge is -2.18. The summed E-state index contributed by atoms with van der Waals surface area (Å²) in [4.78, 5) is 11.2. The molecule has 0 saturated heterocycles. The van der Waals surface area contributed by atoms with Crippen LogP contribution in [0.25, 0.3) is 0 Å². The van der Waals surface area contributed by atoms with Gasteiger partial charge in [-0.25, -0.2) is 0 Å². The summed E-state index contributed by atoms with van der Waals surface area (Å²) < 4.78 is 10.9. The molecule has 1 fully saturated rings. The summed E-state index contributed by atoms with van der Waals surface area (Å²) >= 11 is 6.08. The summed E-state index contributed by atoms with van der Waals surface area (Å²) in [5, 5.41) is 3.95. The second-order valence-corrected chi connectivity index (χ2v) is 5.35. The molecular formula is C14H19ClN2O3. The van der Waals surface area contributed by atoms with E-state index in [1.807, 2.05) is 6.07 Å². The van der Waals surface area contributed by atoms with Crippen LogP contribution in [0.2, 0.25) is 5.02 Å². The number of carbonyl (C=O) groups is 1. The Kier molecular flexibility index (Phi) is 4.73. The fraction of sp³-hybridized carbons (Fsp3) is 0.500. The summed E-state index contributed by atoms with van der Waals surface area (Å²) in [6.07, 6.45) is 1.64. The largest absolute Gasteiger partial charge is 0.493 e. The highest BCUT2D eigenvalue weighted by Gasteiger charge is 2.23. The van der Waals surface area contributed by atoms with Gasteiger partial charge in [-0.1, -0.05) is 11.6 Å². The molecule has 0 spiro atoms. The normalized spacial score (nSPS) is 15.8. The first kappa shape index (κ1) is 14.9. The zero-order chi connectivity index (χ0) is 14.7. The smallest absolute Gasteiger partial charge is 0.258 e. The topological polar surface area (TPSA) is 73.6 Å². The van der Waals surface area contributed by atoms with Crippen molar-refractivity contribution in [1.82, 2.24) is 5.32 Å². The predicted octanol–water partition coefficient (Wildman–Crippen LogP) is 1.85. The lowest BCUT2D eigenvalue weighted by molar-refractivity contribution is -0.124. The molecule has 0 bridgehead atoms. The Labute approximate surface area is 123 Å². The third-order valence-electron chi connectivity index (χ3n) is 3.17. The van der Waals surface area contributed by atoms with Crippen molar-refractivity contribution < 1.29 is 14.3 Å². The van der Waals surface area contributed by atoms with Crippen molar-refractivity contribution in [3.05, 3.63) is 22.7 Å². The zero-order valence-electron chi connectivity index (χ0n) is 11.6. The van der Waals surface area contributed by atoms with Gasteiger partial charge in [0, 0.05) is 29.2 Å². The van der Waals surface area contributed by atoms with E-state index in [0.717, 1.165) is 5.56 Å². The van der Waals surface area contributed by atoms with Gasteiger partial charge in [-0.3, -0.25) is 4.79 Å². The number of hydrogen-bond acceptors (Lipinski definition) is 4. The van der Waals surface area contributed by atoms with Crippen molar-refractivity contribution >= 4 is 17.5 Å². The highest BCUT2D eigenvalue weighted by molar-refractivity contribution is 6.30. The van der Waals surface area contributed by atoms with Crippen LogP contribution in [0.3, 0.4) is 0 Å². The maximum atomic E-state index is 11.2. The highest BCUT2D eigenvalue weighted by Crippen LogP contribution is 2.36. The molecule has 0 aliphatic heterocycles. The average Bonchev–Trinajstić information content (AvgIpc) is 3.22. The zero-order valence-corrected chi connectivity index (χ0v) is 12.4. The Morgan fingerprint density at radius 2 is 2.25 bits per heavy atom. The minimum absolute atomic E-state index is 0.498. The number of hydrogen-bond donors (Lipinski definition) is 2. The maximum Gasteiger partial charge on any atom is 0.258 e. The number of ether oxygens (including phenoxy) is 2. The van der Waals surface area contributed by atoms with Gasteiger partial charge in [0.05, 0.1) is 7.11 Å². The van der Waals surface area contributed by atoms with Gasteiger partial charge in [-0.2, -0.15) is 0 Å². The van der Waals surface area contributed by atoms with Crippen LogP contribution in [0.5, 0.6) is 11.5 Å². The van der Waals surface area contributed by atoms with E-state index in [-0.39, 0.29) is 0 Å². The molecule has 0 radical (unpaired) electrons. The van der Waals surface area contributed by atoms with E-state index in [4.69, 9.17) is 26.8 Å². The van der Waals surface area contributed by atoms with Crippen molar-refractivity contribution in [2.24, 2.45) is 5.73 Å². The Morgan fingerprint density at radius 1 is 1.55 bits per heavy atom. The lowest BCUT2D eigenvalue weighted by atomic mass is 10.1. The molecule has 5 nitrogen and oxygen atoms in total. The van der Waals surface area contributed by atoms with Crippen molar-refractivity contribution in [2.75, 3.05) is 7.11 Å². The van der Waals surface area contributed by atoms with Crippen molar-refractivity contribution in [3.8, 4) is 11.5 Å². The molecule has 110 valence electrons. The van der Waals surface area contributed by atoms with Crippen LogP contribution in [0.4, 0.5) is 0 Å². The summed E-state index contributed by atoms with van der Waals surface area (Å²) in [7, 11) is 1.53. The third-order valence-corrected chi connectivity index (χ3v) is 3.39. The monoisotopic (exact) mass is 298 g/mol. The first-order valence-corrected chi connectivity index (χ1v) is 6.94. The molecule has 1 aliphatic carbocycles. The molecule has 0 aromatic heterocycles. The van der Waals surface area contributed by atoms with Gasteiger partial charge in [0.15, 0.2) is 17.6 Å². The number of amides is 1. The van der Waals surface area contributed by atoms with E-state index in [1.54, 1.807) is 13.0 Å². The van der Waals surface area contributed by atoms with Crippen molar-refractivity contribution in [2.45, 2.75) is 38.5 Å². The average molecular weight is 299 g/mol. The molecule has 3 N–H and O–H groups in total. The summed E-state index contributed by atoms with van der Waals surface area (Å²) in [6.45, 7) is 2.22. The van der Waals surface area contributed by atoms with E-state index in [9.17, 15) is 4.79 Å². The maximum absolute atomic E-state index is 11.2. The van der Waals surface area contributed by atoms with Gasteiger partial charge in [-0.05, 0) is 25.8 Å². The molecule has 6 heteroatoms. The molecular weight excluding hydrogens is 280 g/mol. The van der Waals surface area contributed by atoms with Crippen LogP contribution in [0.1, 0.15) is 25.3 Å². The van der Waals surface area contributed by atoms with Crippen molar-refractivity contribution in [1.29, 1.82) is 0 Å². The third kappa shape index (κ3) is 3.77. The van der Waals surface area contributed by atoms with E-state index >= 15 is 0 Å². The summed E-state index contributed by atoms with van der Waals surface area (Å²) in [5.41, 5.74) is 6.10. The van der Waals surface area contributed by atoms with Gasteiger partial charge in [0.25, 0.3) is 5.91 Å². The lowest BCUT2D eigenvalue weighted by Crippen LogP contribution is -2.31. The molecule has 1 saturated carbocycles. The predicted molar refractivity (Wildman–Crippen MR) is 77.2 cm³/mol. The molecule has 1 aromatic rings. The van der Waals surface area contributed by atoms with Crippen LogP contribution >= 0.6 is 11.6 Å². The number of nitrogens with two attached hydrogens (primary N) is 1. The SMILES string of the molecule is COc1cc(Cl)cc(CNC2CC2)c1OC(C)C(N)=O. The minimum atomic E-state index is -0.732. The second kappa shape index (κ2) is 6.33. The quantitative estimate of drug-likeness (QED) is 0.806. The Hall–Kier alpha value is -1.46. The standard InChI is InChI=1S/C14H19ClN2O3/c1-8(14(16)18)20-13-9(7-17-11-3-4-11)5-10(15)6-12(13)19-2/h5-6,8,11,17H,3-4,7H2,1-2H3,(H2,16,18). The molecule has 0 heterocycles. The molecule has 1 aliphatic rings. The van der Waals surface area contributed by atoms with Gasteiger partial charge < -0.3 is 20.5 Å². The molecule has 1 unspecified atom stereocenters. The number of carbonyl (C=O) groups excluding carboxylic acids is 1. The first-order valence-electron chi connectivity index (χ1n) is 6.57. The Balaban J connectivity index is 2.25. The van der Waals surface area contributed by atoms with E-state index in [2.05, 4.69) is 5.32 Å². The first-order chi connectivity index (χ1) is 9.51. The number of benzene rings is 1. The van der Waals surface area contributed by atoms with E-state index in [0.29, 0.717) is 29.1 Å². The molecule has 2 rings (SSSR count). The number of methoxy groups -OCH3 is 1. The Bertz CT molecular complexity index is 503. The van der Waals surface area contributed by atoms with Gasteiger partial charge in [0.2, 0.25) is 0 Å². The summed E-state index contributed by atoms with van der Waals surface area (Å²) in [6, 6.07) is 4.02. The number of nitrogens with one attached hydrogen (secondary N) is 1. The van der Waals surface area contributed by atoms with Crippen LogP contribution in [-0.4, -0.2) is 25.2 Å². The molecule has 1 aromatic carbocycles. The molecule has 1 atom stereocenters. The summed E-state index contributed by atoms with van der Waals surface area (Å²) in [5.74, 6) is 0.484. The van der Waals surface area contributed by atoms with Crippen LogP contribution in [0.15, 0.2) is 12.1 Å². The van der Waals surface area contributed by atoms with Crippen LogP contribution in [0, 0.1) is 0 Å². The molecule has 20 heavy (non-hydrogen) atoms. The van der Waals surface area contributed by atoms with Gasteiger partial charge >= 0.3 is 0 Å². The number of rotatable bonds is 7. The van der Waals surface area contributed by atoms with Gasteiger partial charge in [0.1, 0.15) is 0 Å². The van der Waals surface area contributed by atoms with Crippen LogP contribution < -0.4 is 20.5 Å². The Morgan fingerprint density at radius 3 is 2.80 bits per heavy atom. The van der Waals surface area contributed by atoms with E-state index in [1.165, 1.54) is 20.0 Å². The fourth-order valence-corrected chi connectivity index (χ4v) is 2.05. The van der Waals surface area contributed by atoms with E-state index < -0.39 is 12.0 Å². The van der Waals surface area contributed by atoms with Gasteiger partial charge in [-0.15, -0.1) is 0 Å². The van der Waals surface area contributed by atoms with Crippen LogP contribution in [-0.2, 0) is 11.3 Å². The van der Waals surface area contributed by atoms with Crippen molar-refractivity contribution in [3.63, 3.8) is 0 Å². The number of primary amides is 1. The fourth-order valence-electron chi connectivity index (χ4n) is 1.82. The number of halogens is 1. The molecule has 1 amide bonds.